The summed E-state index contributed by atoms with van der Waals surface area (Å²) in [7, 11) is -2.98. The largest absolute Gasteiger partial charge is 0.315 e. The first kappa shape index (κ1) is 12.2. The first-order chi connectivity index (χ1) is 6.18. The van der Waals surface area contributed by atoms with Gasteiger partial charge < -0.3 is 5.32 Å². The van der Waals surface area contributed by atoms with Crippen LogP contribution in [-0.2, 0) is 10.0 Å². The lowest BCUT2D eigenvalue weighted by molar-refractivity contribution is 0.428. The fourth-order valence-electron chi connectivity index (χ4n) is 1.66. The molecule has 0 amide bonds. The summed E-state index contributed by atoms with van der Waals surface area (Å²) in [6.45, 7) is 1.80. The van der Waals surface area contributed by atoms with Crippen LogP contribution in [0.15, 0.2) is 0 Å². The molecule has 0 radical (unpaired) electrons. The smallest absolute Gasteiger partial charge is 0.214 e. The van der Waals surface area contributed by atoms with Gasteiger partial charge in [-0.2, -0.15) is 0 Å². The minimum absolute atomic E-state index is 0. The van der Waals surface area contributed by atoms with Crippen molar-refractivity contribution in [2.24, 2.45) is 0 Å². The number of halogens is 1. The average molecular weight is 241 g/mol. The monoisotopic (exact) mass is 240 g/mol. The summed E-state index contributed by atoms with van der Waals surface area (Å²) >= 11 is 0. The van der Waals surface area contributed by atoms with Gasteiger partial charge in [0.05, 0.1) is 5.25 Å². The van der Waals surface area contributed by atoms with Gasteiger partial charge in [0.15, 0.2) is 0 Å². The van der Waals surface area contributed by atoms with Crippen LogP contribution in [0.1, 0.15) is 25.7 Å². The lowest BCUT2D eigenvalue weighted by Gasteiger charge is -2.23. The summed E-state index contributed by atoms with van der Waals surface area (Å²) in [4.78, 5) is 0. The molecule has 6 heteroatoms. The van der Waals surface area contributed by atoms with Crippen molar-refractivity contribution in [3.8, 4) is 0 Å². The average Bonchev–Trinajstić information content (AvgIpc) is 2.87. The molecule has 0 unspecified atom stereocenters. The van der Waals surface area contributed by atoms with Gasteiger partial charge in [0.2, 0.25) is 10.0 Å². The molecule has 2 fully saturated rings. The molecule has 4 nitrogen and oxygen atoms in total. The Hall–Kier alpha value is 0.160. The number of piperidine rings is 1. The molecule has 1 saturated heterocycles. The van der Waals surface area contributed by atoms with E-state index in [9.17, 15) is 8.42 Å². The summed E-state index contributed by atoms with van der Waals surface area (Å²) in [6.07, 6.45) is 3.72. The third-order valence-corrected chi connectivity index (χ3v) is 4.60. The van der Waals surface area contributed by atoms with Gasteiger partial charge in [-0.3, -0.25) is 0 Å². The van der Waals surface area contributed by atoms with Crippen molar-refractivity contribution >= 4 is 22.4 Å². The number of sulfonamides is 1. The Morgan fingerprint density at radius 1 is 1.21 bits per heavy atom. The first-order valence-electron chi connectivity index (χ1n) is 4.90. The molecule has 0 bridgehead atoms. The Morgan fingerprint density at radius 3 is 2.43 bits per heavy atom. The molecular weight excluding hydrogens is 224 g/mol. The number of hydrogen-bond donors (Lipinski definition) is 2. The Kier molecular flexibility index (Phi) is 4.18. The molecule has 0 spiro atoms. The van der Waals surface area contributed by atoms with Crippen LogP contribution in [-0.4, -0.2) is 32.8 Å². The van der Waals surface area contributed by atoms with Crippen LogP contribution in [0.4, 0.5) is 0 Å². The van der Waals surface area contributed by atoms with Gasteiger partial charge in [-0.1, -0.05) is 0 Å². The van der Waals surface area contributed by atoms with Crippen LogP contribution < -0.4 is 10.0 Å². The van der Waals surface area contributed by atoms with E-state index in [4.69, 9.17) is 0 Å². The second-order valence-electron chi connectivity index (χ2n) is 3.91. The van der Waals surface area contributed by atoms with Crippen LogP contribution in [0.5, 0.6) is 0 Å². The molecule has 1 atom stereocenters. The molecule has 14 heavy (non-hydrogen) atoms. The third-order valence-electron chi connectivity index (χ3n) is 2.59. The van der Waals surface area contributed by atoms with E-state index >= 15 is 0 Å². The van der Waals surface area contributed by atoms with Crippen molar-refractivity contribution in [3.05, 3.63) is 0 Å². The maximum atomic E-state index is 11.5. The Morgan fingerprint density at radius 2 is 1.93 bits per heavy atom. The second-order valence-corrected chi connectivity index (χ2v) is 5.90. The third kappa shape index (κ3) is 3.08. The Bertz CT molecular complexity index is 271. The second kappa shape index (κ2) is 4.79. The number of rotatable bonds is 3. The molecule has 1 aliphatic carbocycles. The van der Waals surface area contributed by atoms with Crippen LogP contribution in [0.2, 0.25) is 0 Å². The van der Waals surface area contributed by atoms with E-state index in [1.807, 2.05) is 0 Å². The normalized spacial score (nSPS) is 28.1. The van der Waals surface area contributed by atoms with Crippen molar-refractivity contribution in [2.75, 3.05) is 13.1 Å². The van der Waals surface area contributed by atoms with Gasteiger partial charge in [0.1, 0.15) is 0 Å². The van der Waals surface area contributed by atoms with E-state index in [0.717, 1.165) is 38.8 Å². The van der Waals surface area contributed by atoms with Crippen LogP contribution in [0.25, 0.3) is 0 Å². The van der Waals surface area contributed by atoms with Crippen molar-refractivity contribution in [1.82, 2.24) is 10.0 Å². The standard InChI is InChI=1S/C8H16N2O2S.ClH/c11-13(12,8-3-4-8)10-7-2-1-5-9-6-7;/h7-10H,1-6H2;1H/t7-;/m0./s1. The quantitative estimate of drug-likeness (QED) is 0.743. The topological polar surface area (TPSA) is 58.2 Å². The SMILES string of the molecule is Cl.O=S(=O)(N[C@H]1CCCNC1)C1CC1. The summed E-state index contributed by atoms with van der Waals surface area (Å²) in [5, 5.41) is 3.10. The lowest BCUT2D eigenvalue weighted by Crippen LogP contribution is -2.46. The zero-order valence-corrected chi connectivity index (χ0v) is 9.66. The van der Waals surface area contributed by atoms with Gasteiger partial charge >= 0.3 is 0 Å². The molecule has 0 aromatic heterocycles. The van der Waals surface area contributed by atoms with Gasteiger partial charge in [-0.05, 0) is 32.2 Å². The van der Waals surface area contributed by atoms with Crippen LogP contribution >= 0.6 is 12.4 Å². The highest BCUT2D eigenvalue weighted by Gasteiger charge is 2.36. The molecule has 1 aliphatic heterocycles. The molecule has 2 aliphatic rings. The maximum absolute atomic E-state index is 11.5. The first-order valence-corrected chi connectivity index (χ1v) is 6.45. The summed E-state index contributed by atoms with van der Waals surface area (Å²) < 4.78 is 25.8. The minimum Gasteiger partial charge on any atom is -0.315 e. The van der Waals surface area contributed by atoms with Crippen LogP contribution in [0, 0.1) is 0 Å². The van der Waals surface area contributed by atoms with E-state index < -0.39 is 10.0 Å². The number of hydrogen-bond acceptors (Lipinski definition) is 3. The van der Waals surface area contributed by atoms with E-state index in [2.05, 4.69) is 10.0 Å². The molecule has 0 aromatic carbocycles. The predicted octanol–water partition coefficient (Wildman–Crippen LogP) is 0.242. The highest BCUT2D eigenvalue weighted by Crippen LogP contribution is 2.27. The van der Waals surface area contributed by atoms with Crippen molar-refractivity contribution < 1.29 is 8.42 Å². The Labute approximate surface area is 91.3 Å². The molecule has 2 N–H and O–H groups in total. The lowest BCUT2D eigenvalue weighted by atomic mass is 10.1. The maximum Gasteiger partial charge on any atom is 0.214 e. The summed E-state index contributed by atoms with van der Waals surface area (Å²) in [6, 6.07) is 0.124. The molecule has 1 saturated carbocycles. The fraction of sp³-hybridized carbons (Fsp3) is 1.00. The van der Waals surface area contributed by atoms with E-state index in [1.54, 1.807) is 0 Å². The fourth-order valence-corrected chi connectivity index (χ4v) is 3.27. The van der Waals surface area contributed by atoms with Gasteiger partial charge in [0.25, 0.3) is 0 Å². The molecule has 2 rings (SSSR count). The van der Waals surface area contributed by atoms with Crippen LogP contribution in [0.3, 0.4) is 0 Å². The zero-order valence-electron chi connectivity index (χ0n) is 8.03. The minimum atomic E-state index is -2.98. The summed E-state index contributed by atoms with van der Waals surface area (Å²) in [5.74, 6) is 0. The van der Waals surface area contributed by atoms with Gasteiger partial charge in [-0.25, -0.2) is 13.1 Å². The van der Waals surface area contributed by atoms with E-state index in [0.29, 0.717) is 0 Å². The van der Waals surface area contributed by atoms with E-state index in [1.165, 1.54) is 0 Å². The Balaban J connectivity index is 0.000000980. The highest BCUT2D eigenvalue weighted by atomic mass is 35.5. The zero-order chi connectivity index (χ0) is 9.31. The number of nitrogens with one attached hydrogen (secondary N) is 2. The van der Waals surface area contributed by atoms with Crippen molar-refractivity contribution in [2.45, 2.75) is 37.0 Å². The highest BCUT2D eigenvalue weighted by molar-refractivity contribution is 7.90. The molecular formula is C8H17ClN2O2S. The van der Waals surface area contributed by atoms with Gasteiger partial charge in [-0.15, -0.1) is 12.4 Å². The molecule has 84 valence electrons. The van der Waals surface area contributed by atoms with E-state index in [-0.39, 0.29) is 23.7 Å². The van der Waals surface area contributed by atoms with Gasteiger partial charge in [0, 0.05) is 12.6 Å². The predicted molar refractivity (Wildman–Crippen MR) is 58.2 cm³/mol. The molecule has 1 heterocycles. The molecule has 0 aromatic rings. The van der Waals surface area contributed by atoms with Crippen molar-refractivity contribution in [3.63, 3.8) is 0 Å². The van der Waals surface area contributed by atoms with Crippen molar-refractivity contribution in [1.29, 1.82) is 0 Å². The summed E-state index contributed by atoms with van der Waals surface area (Å²) in [5.41, 5.74) is 0.